The first-order valence-corrected chi connectivity index (χ1v) is 6.34. The summed E-state index contributed by atoms with van der Waals surface area (Å²) in [6.45, 7) is -0.355. The Hall–Kier alpha value is -1.71. The highest BCUT2D eigenvalue weighted by atomic mass is 19.4. The van der Waals surface area contributed by atoms with Gasteiger partial charge in [0.1, 0.15) is 5.82 Å². The smallest absolute Gasteiger partial charge is 0.396 e. The summed E-state index contributed by atoms with van der Waals surface area (Å²) in [5.74, 6) is -3.52. The fourth-order valence-corrected chi connectivity index (χ4v) is 2.31. The number of ether oxygens (including phenoxy) is 1. The lowest BCUT2D eigenvalue weighted by molar-refractivity contribution is -0.167. The number of hydrogen-bond acceptors (Lipinski definition) is 4. The van der Waals surface area contributed by atoms with Crippen molar-refractivity contribution in [2.75, 3.05) is 25.1 Å². The predicted molar refractivity (Wildman–Crippen MR) is 68.3 cm³/mol. The second kappa shape index (κ2) is 5.82. The maximum Gasteiger partial charge on any atom is 0.471 e. The number of benzene rings is 1. The van der Waals surface area contributed by atoms with Crippen molar-refractivity contribution in [1.82, 2.24) is 0 Å². The maximum atomic E-state index is 14.0. The fraction of sp³-hybridized carbons (Fsp3) is 0.462. The fourth-order valence-electron chi connectivity index (χ4n) is 2.31. The minimum absolute atomic E-state index is 0.0915. The van der Waals surface area contributed by atoms with Crippen LogP contribution < -0.4 is 11.1 Å². The molecule has 1 saturated heterocycles. The Morgan fingerprint density at radius 3 is 2.77 bits per heavy atom. The van der Waals surface area contributed by atoms with Crippen molar-refractivity contribution >= 4 is 11.6 Å². The van der Waals surface area contributed by atoms with E-state index in [4.69, 9.17) is 10.5 Å². The zero-order chi connectivity index (χ0) is 16.5. The van der Waals surface area contributed by atoms with Crippen LogP contribution in [0.3, 0.4) is 0 Å². The van der Waals surface area contributed by atoms with Crippen molar-refractivity contribution in [3.8, 4) is 0 Å². The van der Waals surface area contributed by atoms with Gasteiger partial charge < -0.3 is 20.9 Å². The molecular formula is C13H14F4N2O3. The molecule has 0 bridgehead atoms. The third kappa shape index (κ3) is 3.06. The van der Waals surface area contributed by atoms with Gasteiger partial charge in [-0.25, -0.2) is 4.39 Å². The SMILES string of the molecule is NC1(c2cc(NC(=O)C(F)(F)F)ccc2F)COCC1CO. The number of alkyl halides is 3. The Balaban J connectivity index is 2.33. The monoisotopic (exact) mass is 322 g/mol. The van der Waals surface area contributed by atoms with Gasteiger partial charge in [0.15, 0.2) is 0 Å². The summed E-state index contributed by atoms with van der Waals surface area (Å²) in [5, 5.41) is 10.9. The molecule has 1 fully saturated rings. The third-order valence-electron chi connectivity index (χ3n) is 3.59. The van der Waals surface area contributed by atoms with Gasteiger partial charge >= 0.3 is 12.1 Å². The largest absolute Gasteiger partial charge is 0.471 e. The standard InChI is InChI=1S/C13H14F4N2O3/c14-10-2-1-8(19-11(21)13(15,16)17)3-9(10)12(18)6-22-5-7(12)4-20/h1-3,7,20H,4-6,18H2,(H,19,21). The van der Waals surface area contributed by atoms with E-state index in [1.807, 2.05) is 0 Å². The number of hydrogen-bond donors (Lipinski definition) is 3. The van der Waals surface area contributed by atoms with E-state index in [0.717, 1.165) is 18.2 Å². The minimum Gasteiger partial charge on any atom is -0.396 e. The normalized spacial score (nSPS) is 25.3. The van der Waals surface area contributed by atoms with Crippen LogP contribution in [0.5, 0.6) is 0 Å². The summed E-state index contributed by atoms with van der Waals surface area (Å²) in [5.41, 5.74) is 4.32. The molecule has 0 aliphatic carbocycles. The number of aliphatic hydroxyl groups excluding tert-OH is 1. The number of nitrogens with two attached hydrogens (primary N) is 1. The van der Waals surface area contributed by atoms with Crippen LogP contribution in [-0.2, 0) is 15.1 Å². The van der Waals surface area contributed by atoms with E-state index >= 15 is 0 Å². The highest BCUT2D eigenvalue weighted by Gasteiger charge is 2.44. The van der Waals surface area contributed by atoms with E-state index in [9.17, 15) is 27.5 Å². The van der Waals surface area contributed by atoms with E-state index in [2.05, 4.69) is 0 Å². The van der Waals surface area contributed by atoms with E-state index in [1.165, 1.54) is 0 Å². The zero-order valence-electron chi connectivity index (χ0n) is 11.3. The molecule has 2 unspecified atom stereocenters. The third-order valence-corrected chi connectivity index (χ3v) is 3.59. The average molecular weight is 322 g/mol. The molecule has 0 saturated carbocycles. The van der Waals surface area contributed by atoms with Gasteiger partial charge in [-0.2, -0.15) is 13.2 Å². The topological polar surface area (TPSA) is 84.6 Å². The number of amides is 1. The number of anilines is 1. The summed E-state index contributed by atoms with van der Waals surface area (Å²) in [6, 6.07) is 2.93. The van der Waals surface area contributed by atoms with Crippen molar-refractivity contribution < 1.29 is 32.2 Å². The number of carbonyl (C=O) groups is 1. The van der Waals surface area contributed by atoms with Crippen molar-refractivity contribution in [2.45, 2.75) is 11.7 Å². The molecule has 1 aromatic carbocycles. The first-order valence-electron chi connectivity index (χ1n) is 6.34. The first-order chi connectivity index (χ1) is 10.2. The zero-order valence-corrected chi connectivity index (χ0v) is 11.3. The molecule has 122 valence electrons. The van der Waals surface area contributed by atoms with E-state index < -0.39 is 29.4 Å². The van der Waals surface area contributed by atoms with Crippen LogP contribution in [0.4, 0.5) is 23.2 Å². The van der Waals surface area contributed by atoms with Gasteiger partial charge in [-0.15, -0.1) is 0 Å². The van der Waals surface area contributed by atoms with Crippen LogP contribution >= 0.6 is 0 Å². The second-order valence-corrected chi connectivity index (χ2v) is 5.08. The van der Waals surface area contributed by atoms with Crippen molar-refractivity contribution in [3.63, 3.8) is 0 Å². The molecule has 5 nitrogen and oxygen atoms in total. The van der Waals surface area contributed by atoms with Gasteiger partial charge in [0.25, 0.3) is 0 Å². The molecule has 22 heavy (non-hydrogen) atoms. The molecule has 9 heteroatoms. The van der Waals surface area contributed by atoms with Crippen molar-refractivity contribution in [3.05, 3.63) is 29.6 Å². The molecular weight excluding hydrogens is 308 g/mol. The lowest BCUT2D eigenvalue weighted by Crippen LogP contribution is -2.46. The Labute approximate surface area is 123 Å². The summed E-state index contributed by atoms with van der Waals surface area (Å²) in [7, 11) is 0. The summed E-state index contributed by atoms with van der Waals surface area (Å²) >= 11 is 0. The predicted octanol–water partition coefficient (Wildman–Crippen LogP) is 1.12. The molecule has 1 aromatic rings. The average Bonchev–Trinajstić information content (AvgIpc) is 2.81. The van der Waals surface area contributed by atoms with E-state index in [-0.39, 0.29) is 31.1 Å². The number of carbonyl (C=O) groups excluding carboxylic acids is 1. The van der Waals surface area contributed by atoms with Crippen LogP contribution in [0.15, 0.2) is 18.2 Å². The molecule has 2 rings (SSSR count). The van der Waals surface area contributed by atoms with Crippen molar-refractivity contribution in [2.24, 2.45) is 11.7 Å². The molecule has 0 radical (unpaired) electrons. The number of aliphatic hydroxyl groups is 1. The quantitative estimate of drug-likeness (QED) is 0.728. The van der Waals surface area contributed by atoms with Crippen LogP contribution in [0.2, 0.25) is 0 Å². The van der Waals surface area contributed by atoms with E-state index in [1.54, 1.807) is 5.32 Å². The minimum atomic E-state index is -5.06. The summed E-state index contributed by atoms with van der Waals surface area (Å²) in [6.07, 6.45) is -5.06. The molecule has 1 aliphatic rings. The van der Waals surface area contributed by atoms with Crippen molar-refractivity contribution in [1.29, 1.82) is 0 Å². The van der Waals surface area contributed by atoms with Crippen LogP contribution in [0.1, 0.15) is 5.56 Å². The van der Waals surface area contributed by atoms with Crippen LogP contribution in [-0.4, -0.2) is 37.0 Å². The number of rotatable bonds is 3. The molecule has 0 aromatic heterocycles. The Kier molecular flexibility index (Phi) is 4.41. The highest BCUT2D eigenvalue weighted by Crippen LogP contribution is 2.35. The molecule has 2 atom stereocenters. The van der Waals surface area contributed by atoms with Gasteiger partial charge in [0, 0.05) is 17.2 Å². The van der Waals surface area contributed by atoms with Gasteiger partial charge in [-0.3, -0.25) is 4.79 Å². The molecule has 1 amide bonds. The molecule has 1 aliphatic heterocycles. The Bertz CT molecular complexity index is 579. The second-order valence-electron chi connectivity index (χ2n) is 5.08. The first kappa shape index (κ1) is 16.7. The van der Waals surface area contributed by atoms with Gasteiger partial charge in [-0.05, 0) is 18.2 Å². The lowest BCUT2D eigenvalue weighted by Gasteiger charge is -2.29. The highest BCUT2D eigenvalue weighted by molar-refractivity contribution is 5.94. The Morgan fingerprint density at radius 2 is 2.18 bits per heavy atom. The molecule has 1 heterocycles. The van der Waals surface area contributed by atoms with E-state index in [0.29, 0.717) is 0 Å². The summed E-state index contributed by atoms with van der Waals surface area (Å²) in [4.78, 5) is 10.9. The van der Waals surface area contributed by atoms with Gasteiger partial charge in [0.2, 0.25) is 0 Å². The Morgan fingerprint density at radius 1 is 1.50 bits per heavy atom. The van der Waals surface area contributed by atoms with Crippen LogP contribution in [0.25, 0.3) is 0 Å². The maximum absolute atomic E-state index is 14.0. The van der Waals surface area contributed by atoms with Crippen LogP contribution in [0, 0.1) is 11.7 Å². The molecule has 0 spiro atoms. The molecule has 4 N–H and O–H groups in total. The van der Waals surface area contributed by atoms with Gasteiger partial charge in [0.05, 0.1) is 25.4 Å². The summed E-state index contributed by atoms with van der Waals surface area (Å²) < 4.78 is 55.9. The lowest BCUT2D eigenvalue weighted by atomic mass is 9.81. The number of nitrogens with one attached hydrogen (secondary N) is 1. The number of halogens is 4. The van der Waals surface area contributed by atoms with Gasteiger partial charge in [-0.1, -0.05) is 0 Å².